The lowest BCUT2D eigenvalue weighted by Gasteiger charge is -2.16. The molecule has 1 unspecified atom stereocenters. The minimum Gasteiger partial charge on any atom is -0.465 e. The van der Waals surface area contributed by atoms with Crippen LogP contribution in [0.1, 0.15) is 11.1 Å². The molecule has 0 bridgehead atoms. The number of carboxylic acid groups (broad SMARTS) is 1. The Bertz CT molecular complexity index is 765. The first-order valence-electron chi connectivity index (χ1n) is 7.31. The van der Waals surface area contributed by atoms with Gasteiger partial charge in [-0.05, 0) is 30.0 Å². The molecule has 0 fully saturated rings. The zero-order valence-electron chi connectivity index (χ0n) is 12.1. The lowest BCUT2D eigenvalue weighted by molar-refractivity contribution is 0.189. The zero-order chi connectivity index (χ0) is 15.4. The Hall–Kier alpha value is -2.75. The molecule has 1 amide bonds. The van der Waals surface area contributed by atoms with Crippen molar-refractivity contribution in [3.8, 4) is 0 Å². The number of fused-ring (bicyclic) bond motifs is 1. The third kappa shape index (κ3) is 3.28. The molecule has 0 radical (unpaired) electrons. The molecule has 3 aromatic rings. The Kier molecular flexibility index (Phi) is 4.10. The van der Waals surface area contributed by atoms with Crippen molar-refractivity contribution in [2.45, 2.75) is 18.9 Å². The molecule has 22 heavy (non-hydrogen) atoms. The first kappa shape index (κ1) is 14.2. The number of para-hydroxylation sites is 1. The molecule has 4 heteroatoms. The van der Waals surface area contributed by atoms with Gasteiger partial charge in [0.25, 0.3) is 0 Å². The number of aromatic amines is 1. The molecule has 4 nitrogen and oxygen atoms in total. The Morgan fingerprint density at radius 3 is 2.55 bits per heavy atom. The lowest BCUT2D eigenvalue weighted by atomic mass is 9.99. The molecule has 0 spiro atoms. The van der Waals surface area contributed by atoms with Crippen molar-refractivity contribution < 1.29 is 9.90 Å². The van der Waals surface area contributed by atoms with Crippen LogP contribution in [0.25, 0.3) is 10.9 Å². The quantitative estimate of drug-likeness (QED) is 0.673. The highest BCUT2D eigenvalue weighted by Gasteiger charge is 2.15. The summed E-state index contributed by atoms with van der Waals surface area (Å²) in [6.45, 7) is 0. The fourth-order valence-electron chi connectivity index (χ4n) is 2.81. The Balaban J connectivity index is 1.82. The second-order valence-electron chi connectivity index (χ2n) is 5.40. The molecule has 1 heterocycles. The minimum absolute atomic E-state index is 0.154. The fraction of sp³-hybridized carbons (Fsp3) is 0.167. The van der Waals surface area contributed by atoms with Crippen LogP contribution in [-0.4, -0.2) is 22.2 Å². The predicted molar refractivity (Wildman–Crippen MR) is 87.1 cm³/mol. The van der Waals surface area contributed by atoms with Crippen LogP contribution in [-0.2, 0) is 12.8 Å². The van der Waals surface area contributed by atoms with Crippen LogP contribution in [0, 0.1) is 0 Å². The SMILES string of the molecule is O=C(O)NC(Cc1ccccc1)Cc1c[nH]c2ccccc12. The van der Waals surface area contributed by atoms with E-state index in [1.165, 1.54) is 0 Å². The number of nitrogens with one attached hydrogen (secondary N) is 2. The first-order valence-corrected chi connectivity index (χ1v) is 7.31. The Morgan fingerprint density at radius 1 is 1.05 bits per heavy atom. The summed E-state index contributed by atoms with van der Waals surface area (Å²) in [6.07, 6.45) is 2.31. The molecule has 1 atom stereocenters. The van der Waals surface area contributed by atoms with Crippen LogP contribution in [0.5, 0.6) is 0 Å². The average Bonchev–Trinajstić information content (AvgIpc) is 2.91. The molecule has 2 aromatic carbocycles. The van der Waals surface area contributed by atoms with Gasteiger partial charge in [-0.3, -0.25) is 0 Å². The van der Waals surface area contributed by atoms with Gasteiger partial charge in [-0.2, -0.15) is 0 Å². The number of benzene rings is 2. The molecule has 0 aliphatic heterocycles. The van der Waals surface area contributed by atoms with E-state index in [9.17, 15) is 4.79 Å². The molecular formula is C18H18N2O2. The summed E-state index contributed by atoms with van der Waals surface area (Å²) in [5.74, 6) is 0. The molecule has 0 saturated heterocycles. The lowest BCUT2D eigenvalue weighted by Crippen LogP contribution is -2.37. The molecule has 3 N–H and O–H groups in total. The van der Waals surface area contributed by atoms with E-state index in [2.05, 4.69) is 16.4 Å². The third-order valence-electron chi connectivity index (χ3n) is 3.79. The van der Waals surface area contributed by atoms with E-state index in [0.29, 0.717) is 12.8 Å². The summed E-state index contributed by atoms with van der Waals surface area (Å²) in [6, 6.07) is 17.9. The van der Waals surface area contributed by atoms with Gasteiger partial charge in [0.15, 0.2) is 0 Å². The molecule has 112 valence electrons. The van der Waals surface area contributed by atoms with E-state index < -0.39 is 6.09 Å². The predicted octanol–water partition coefficient (Wildman–Crippen LogP) is 3.59. The Morgan fingerprint density at radius 2 is 1.77 bits per heavy atom. The zero-order valence-corrected chi connectivity index (χ0v) is 12.1. The fourth-order valence-corrected chi connectivity index (χ4v) is 2.81. The highest BCUT2D eigenvalue weighted by atomic mass is 16.4. The maximum Gasteiger partial charge on any atom is 0.404 e. The number of hydrogen-bond donors (Lipinski definition) is 3. The van der Waals surface area contributed by atoms with Crippen molar-refractivity contribution in [2.75, 3.05) is 0 Å². The second-order valence-corrected chi connectivity index (χ2v) is 5.40. The summed E-state index contributed by atoms with van der Waals surface area (Å²) < 4.78 is 0. The van der Waals surface area contributed by atoms with Crippen LogP contribution < -0.4 is 5.32 Å². The third-order valence-corrected chi connectivity index (χ3v) is 3.79. The van der Waals surface area contributed by atoms with Gasteiger partial charge in [0.1, 0.15) is 0 Å². The summed E-state index contributed by atoms with van der Waals surface area (Å²) in [7, 11) is 0. The van der Waals surface area contributed by atoms with Crippen LogP contribution in [0.15, 0.2) is 60.8 Å². The molecule has 1 aromatic heterocycles. The summed E-state index contributed by atoms with van der Waals surface area (Å²) in [5, 5.41) is 12.9. The highest BCUT2D eigenvalue weighted by Crippen LogP contribution is 2.20. The summed E-state index contributed by atoms with van der Waals surface area (Å²) in [4.78, 5) is 14.3. The Labute approximate surface area is 128 Å². The number of amides is 1. The van der Waals surface area contributed by atoms with Gasteiger partial charge in [0.2, 0.25) is 0 Å². The average molecular weight is 294 g/mol. The smallest absolute Gasteiger partial charge is 0.404 e. The second kappa shape index (κ2) is 6.35. The van der Waals surface area contributed by atoms with Gasteiger partial charge in [0, 0.05) is 23.1 Å². The van der Waals surface area contributed by atoms with Crippen molar-refractivity contribution >= 4 is 17.0 Å². The standard InChI is InChI=1S/C18H18N2O2/c21-18(22)20-15(10-13-6-2-1-3-7-13)11-14-12-19-17-9-5-4-8-16(14)17/h1-9,12,15,19-20H,10-11H2,(H,21,22). The molecule has 0 aliphatic carbocycles. The van der Waals surface area contributed by atoms with E-state index in [4.69, 9.17) is 5.11 Å². The van der Waals surface area contributed by atoms with Gasteiger partial charge in [-0.1, -0.05) is 48.5 Å². The van der Waals surface area contributed by atoms with Crippen molar-refractivity contribution in [3.63, 3.8) is 0 Å². The van der Waals surface area contributed by atoms with Gasteiger partial charge in [-0.25, -0.2) is 4.79 Å². The van der Waals surface area contributed by atoms with Crippen LogP contribution in [0.4, 0.5) is 4.79 Å². The van der Waals surface area contributed by atoms with Crippen molar-refractivity contribution in [3.05, 3.63) is 71.9 Å². The molecule has 3 rings (SSSR count). The van der Waals surface area contributed by atoms with E-state index in [1.807, 2.05) is 54.7 Å². The number of carbonyl (C=O) groups is 1. The van der Waals surface area contributed by atoms with Crippen LogP contribution in [0.3, 0.4) is 0 Å². The van der Waals surface area contributed by atoms with Crippen LogP contribution in [0.2, 0.25) is 0 Å². The van der Waals surface area contributed by atoms with Crippen molar-refractivity contribution in [1.82, 2.24) is 10.3 Å². The first-order chi connectivity index (χ1) is 10.7. The number of aromatic nitrogens is 1. The summed E-state index contributed by atoms with van der Waals surface area (Å²) in [5.41, 5.74) is 3.33. The highest BCUT2D eigenvalue weighted by molar-refractivity contribution is 5.83. The maximum atomic E-state index is 11.1. The number of H-pyrrole nitrogens is 1. The topological polar surface area (TPSA) is 65.1 Å². The minimum atomic E-state index is -0.985. The van der Waals surface area contributed by atoms with Gasteiger partial charge in [0.05, 0.1) is 0 Å². The normalized spacial score (nSPS) is 12.2. The molecule has 0 saturated carbocycles. The van der Waals surface area contributed by atoms with Gasteiger partial charge >= 0.3 is 6.09 Å². The number of hydrogen-bond acceptors (Lipinski definition) is 1. The van der Waals surface area contributed by atoms with Crippen molar-refractivity contribution in [1.29, 1.82) is 0 Å². The molecular weight excluding hydrogens is 276 g/mol. The van der Waals surface area contributed by atoms with Gasteiger partial charge < -0.3 is 15.4 Å². The van der Waals surface area contributed by atoms with E-state index in [1.54, 1.807) is 0 Å². The van der Waals surface area contributed by atoms with E-state index in [0.717, 1.165) is 22.0 Å². The van der Waals surface area contributed by atoms with E-state index >= 15 is 0 Å². The van der Waals surface area contributed by atoms with Crippen LogP contribution >= 0.6 is 0 Å². The molecule has 0 aliphatic rings. The maximum absolute atomic E-state index is 11.1. The number of rotatable bonds is 5. The van der Waals surface area contributed by atoms with E-state index in [-0.39, 0.29) is 6.04 Å². The summed E-state index contributed by atoms with van der Waals surface area (Å²) >= 11 is 0. The van der Waals surface area contributed by atoms with Gasteiger partial charge in [-0.15, -0.1) is 0 Å². The monoisotopic (exact) mass is 294 g/mol. The largest absolute Gasteiger partial charge is 0.465 e. The van der Waals surface area contributed by atoms with Crippen molar-refractivity contribution in [2.24, 2.45) is 0 Å².